The van der Waals surface area contributed by atoms with Gasteiger partial charge >= 0.3 is 0 Å². The first kappa shape index (κ1) is 22.6. The fourth-order valence-electron chi connectivity index (χ4n) is 4.93. The number of hydrogen-bond acceptors (Lipinski definition) is 6. The molecule has 3 heterocycles. The highest BCUT2D eigenvalue weighted by molar-refractivity contribution is 7.99. The van der Waals surface area contributed by atoms with Crippen molar-refractivity contribution in [1.29, 1.82) is 0 Å². The quantitative estimate of drug-likeness (QED) is 0.451. The van der Waals surface area contributed by atoms with E-state index in [1.807, 2.05) is 11.0 Å². The summed E-state index contributed by atoms with van der Waals surface area (Å²) < 4.78 is 7.83. The number of amides is 1. The maximum Gasteiger partial charge on any atom is 0.233 e. The van der Waals surface area contributed by atoms with Crippen LogP contribution >= 0.6 is 11.8 Å². The Hall–Kier alpha value is -2.84. The number of piperazine rings is 1. The molecule has 6 rings (SSSR count). The SMILES string of the molecule is O=C(CSc1nnc(C2CC2)n1Cc1ccccc1)N1CCN(Cc2ccc3c(c2)CCO3)CC1. The third-order valence-corrected chi connectivity index (χ3v) is 8.03. The molecule has 3 aliphatic rings. The van der Waals surface area contributed by atoms with E-state index in [4.69, 9.17) is 4.74 Å². The van der Waals surface area contributed by atoms with Crippen molar-refractivity contribution in [3.63, 3.8) is 0 Å². The lowest BCUT2D eigenvalue weighted by Gasteiger charge is -2.34. The average molecular weight is 490 g/mol. The maximum atomic E-state index is 13.0. The van der Waals surface area contributed by atoms with E-state index < -0.39 is 0 Å². The van der Waals surface area contributed by atoms with Gasteiger partial charge in [0.2, 0.25) is 5.91 Å². The molecule has 35 heavy (non-hydrogen) atoms. The Morgan fingerprint density at radius 1 is 0.971 bits per heavy atom. The number of hydrogen-bond donors (Lipinski definition) is 0. The number of aromatic nitrogens is 3. The molecule has 1 amide bonds. The van der Waals surface area contributed by atoms with Crippen LogP contribution in [0.1, 0.15) is 41.3 Å². The van der Waals surface area contributed by atoms with E-state index in [-0.39, 0.29) is 5.91 Å². The Kier molecular flexibility index (Phi) is 6.48. The third kappa shape index (κ3) is 5.23. The third-order valence-electron chi connectivity index (χ3n) is 7.08. The van der Waals surface area contributed by atoms with Gasteiger partial charge in [0.25, 0.3) is 0 Å². The number of rotatable bonds is 8. The smallest absolute Gasteiger partial charge is 0.233 e. The molecule has 0 atom stereocenters. The van der Waals surface area contributed by atoms with Crippen LogP contribution in [0.5, 0.6) is 5.75 Å². The minimum absolute atomic E-state index is 0.187. The number of carbonyl (C=O) groups is 1. The molecule has 0 N–H and O–H groups in total. The molecule has 2 aliphatic heterocycles. The lowest BCUT2D eigenvalue weighted by molar-refractivity contribution is -0.130. The molecule has 1 saturated carbocycles. The van der Waals surface area contributed by atoms with Crippen molar-refractivity contribution in [1.82, 2.24) is 24.6 Å². The zero-order valence-electron chi connectivity index (χ0n) is 19.9. The van der Waals surface area contributed by atoms with Gasteiger partial charge in [0.05, 0.1) is 18.9 Å². The Balaban J connectivity index is 1.02. The number of thioether (sulfide) groups is 1. The van der Waals surface area contributed by atoms with Gasteiger partial charge in [0, 0.05) is 45.1 Å². The van der Waals surface area contributed by atoms with E-state index in [0.717, 1.165) is 69.0 Å². The Morgan fingerprint density at radius 2 is 1.80 bits per heavy atom. The molecule has 182 valence electrons. The highest BCUT2D eigenvalue weighted by Gasteiger charge is 2.31. The summed E-state index contributed by atoms with van der Waals surface area (Å²) in [4.78, 5) is 17.4. The van der Waals surface area contributed by atoms with Gasteiger partial charge in [-0.3, -0.25) is 9.69 Å². The molecule has 2 fully saturated rings. The summed E-state index contributed by atoms with van der Waals surface area (Å²) in [5.74, 6) is 3.21. The monoisotopic (exact) mass is 489 g/mol. The van der Waals surface area contributed by atoms with Crippen molar-refractivity contribution in [2.75, 3.05) is 38.5 Å². The van der Waals surface area contributed by atoms with Crippen LogP contribution in [0.4, 0.5) is 0 Å². The topological polar surface area (TPSA) is 63.5 Å². The zero-order chi connectivity index (χ0) is 23.6. The predicted octanol–water partition coefficient (Wildman–Crippen LogP) is 3.58. The molecule has 7 nitrogen and oxygen atoms in total. The van der Waals surface area contributed by atoms with Crippen LogP contribution in [0, 0.1) is 0 Å². The highest BCUT2D eigenvalue weighted by Crippen LogP contribution is 2.40. The van der Waals surface area contributed by atoms with E-state index in [0.29, 0.717) is 11.7 Å². The van der Waals surface area contributed by atoms with E-state index in [2.05, 4.69) is 62.1 Å². The molecule has 2 aromatic carbocycles. The van der Waals surface area contributed by atoms with E-state index in [1.165, 1.54) is 41.3 Å². The molecule has 0 spiro atoms. The van der Waals surface area contributed by atoms with Gasteiger partial charge in [-0.15, -0.1) is 10.2 Å². The standard InChI is InChI=1S/C27H31N5O2S/c33-25(31-13-11-30(12-14-31)17-21-6-9-24-23(16-21)10-15-34-24)19-35-27-29-28-26(22-7-8-22)32(27)18-20-4-2-1-3-5-20/h1-6,9,16,22H,7-8,10-15,17-19H2. The van der Waals surface area contributed by atoms with Gasteiger partial charge in [0.15, 0.2) is 5.16 Å². The molecule has 8 heteroatoms. The van der Waals surface area contributed by atoms with Crippen molar-refractivity contribution in [2.45, 2.75) is 43.4 Å². The molecule has 0 unspecified atom stereocenters. The van der Waals surface area contributed by atoms with Gasteiger partial charge < -0.3 is 14.2 Å². The fraction of sp³-hybridized carbons (Fsp3) is 0.444. The average Bonchev–Trinajstić information content (AvgIpc) is 3.49. The predicted molar refractivity (Wildman–Crippen MR) is 136 cm³/mol. The molecular formula is C27H31N5O2S. The summed E-state index contributed by atoms with van der Waals surface area (Å²) in [7, 11) is 0. The first-order valence-electron chi connectivity index (χ1n) is 12.6. The van der Waals surface area contributed by atoms with Crippen molar-refractivity contribution < 1.29 is 9.53 Å². The van der Waals surface area contributed by atoms with E-state index >= 15 is 0 Å². The van der Waals surface area contributed by atoms with Crippen LogP contribution in [0.25, 0.3) is 0 Å². The van der Waals surface area contributed by atoms with Gasteiger partial charge in [0.1, 0.15) is 11.6 Å². The van der Waals surface area contributed by atoms with Crippen molar-refractivity contribution in [2.24, 2.45) is 0 Å². The minimum Gasteiger partial charge on any atom is -0.493 e. The molecule has 0 bridgehead atoms. The number of nitrogens with zero attached hydrogens (tertiary/aromatic N) is 5. The summed E-state index contributed by atoms with van der Waals surface area (Å²) in [6, 6.07) is 17.0. The first-order valence-corrected chi connectivity index (χ1v) is 13.6. The Morgan fingerprint density at radius 3 is 2.60 bits per heavy atom. The first-order chi connectivity index (χ1) is 17.2. The van der Waals surface area contributed by atoms with Crippen LogP contribution in [0.15, 0.2) is 53.7 Å². The normalized spacial score (nSPS) is 17.9. The molecule has 1 aliphatic carbocycles. The van der Waals surface area contributed by atoms with Crippen LogP contribution in [-0.4, -0.2) is 69.0 Å². The highest BCUT2D eigenvalue weighted by atomic mass is 32.2. The van der Waals surface area contributed by atoms with Crippen LogP contribution < -0.4 is 4.74 Å². The summed E-state index contributed by atoms with van der Waals surface area (Å²) in [5, 5.41) is 9.80. The van der Waals surface area contributed by atoms with Crippen LogP contribution in [0.2, 0.25) is 0 Å². The van der Waals surface area contributed by atoms with Crippen molar-refractivity contribution in [3.05, 3.63) is 71.0 Å². The van der Waals surface area contributed by atoms with E-state index in [9.17, 15) is 4.79 Å². The second kappa shape index (κ2) is 10.0. The lowest BCUT2D eigenvalue weighted by atomic mass is 10.1. The Labute approximate surface area is 210 Å². The van der Waals surface area contributed by atoms with Gasteiger partial charge in [-0.05, 0) is 35.6 Å². The number of carbonyl (C=O) groups excluding carboxylic acids is 1. The van der Waals surface area contributed by atoms with Crippen LogP contribution in [0.3, 0.4) is 0 Å². The molecule has 1 aromatic heterocycles. The molecule has 0 radical (unpaired) electrons. The summed E-state index contributed by atoms with van der Waals surface area (Å²) in [5.41, 5.74) is 3.88. The second-order valence-electron chi connectivity index (χ2n) is 9.67. The molecule has 1 saturated heterocycles. The second-order valence-corrected chi connectivity index (χ2v) is 10.6. The van der Waals surface area contributed by atoms with E-state index in [1.54, 1.807) is 0 Å². The number of benzene rings is 2. The molecular weight excluding hydrogens is 458 g/mol. The zero-order valence-corrected chi connectivity index (χ0v) is 20.8. The summed E-state index contributed by atoms with van der Waals surface area (Å²) in [6.45, 7) is 5.83. The minimum atomic E-state index is 0.187. The lowest BCUT2D eigenvalue weighted by Crippen LogP contribution is -2.48. The largest absolute Gasteiger partial charge is 0.493 e. The van der Waals surface area contributed by atoms with Crippen molar-refractivity contribution in [3.8, 4) is 5.75 Å². The number of fused-ring (bicyclic) bond motifs is 1. The maximum absolute atomic E-state index is 13.0. The van der Waals surface area contributed by atoms with Gasteiger partial charge in [-0.2, -0.15) is 0 Å². The Bertz CT molecular complexity index is 1190. The van der Waals surface area contributed by atoms with Crippen molar-refractivity contribution >= 4 is 17.7 Å². The fourth-order valence-corrected chi connectivity index (χ4v) is 5.78. The van der Waals surface area contributed by atoms with Gasteiger partial charge in [-0.1, -0.05) is 54.2 Å². The van der Waals surface area contributed by atoms with Gasteiger partial charge in [-0.25, -0.2) is 0 Å². The molecule has 3 aromatic rings. The number of ether oxygens (including phenoxy) is 1. The summed E-state index contributed by atoms with van der Waals surface area (Å²) >= 11 is 1.52. The van der Waals surface area contributed by atoms with Crippen LogP contribution in [-0.2, 0) is 24.3 Å². The summed E-state index contributed by atoms with van der Waals surface area (Å²) in [6.07, 6.45) is 3.37.